The van der Waals surface area contributed by atoms with E-state index in [1.807, 2.05) is 0 Å². The average molecular weight is 305 g/mol. The molecular weight excluding hydrogens is 286 g/mol. The summed E-state index contributed by atoms with van der Waals surface area (Å²) < 4.78 is 25.5. The maximum atomic E-state index is 11.6. The molecule has 0 saturated heterocycles. The minimum absolute atomic E-state index is 0.155. The van der Waals surface area contributed by atoms with Crippen LogP contribution >= 0.6 is 0 Å². The standard InChI is InChI=1S/C15H19N3O2S/c1-11-4-5-13(12(2)8-11)9-17-15-7-6-14(10-18-15)21(19,20)16-3/h4-8,10,16H,9H2,1-3H3,(H,17,18). The second-order valence-corrected chi connectivity index (χ2v) is 6.76. The van der Waals surface area contributed by atoms with E-state index in [-0.39, 0.29) is 4.90 Å². The van der Waals surface area contributed by atoms with Crippen LogP contribution < -0.4 is 10.0 Å². The zero-order valence-corrected chi connectivity index (χ0v) is 13.2. The van der Waals surface area contributed by atoms with E-state index < -0.39 is 10.0 Å². The topological polar surface area (TPSA) is 71.1 Å². The van der Waals surface area contributed by atoms with Gasteiger partial charge in [-0.1, -0.05) is 23.8 Å². The first-order chi connectivity index (χ1) is 9.92. The molecule has 2 rings (SSSR count). The zero-order valence-electron chi connectivity index (χ0n) is 12.3. The summed E-state index contributed by atoms with van der Waals surface area (Å²) in [4.78, 5) is 4.28. The summed E-state index contributed by atoms with van der Waals surface area (Å²) >= 11 is 0. The van der Waals surface area contributed by atoms with Gasteiger partial charge in [0.15, 0.2) is 0 Å². The second kappa shape index (κ2) is 6.24. The van der Waals surface area contributed by atoms with Crippen LogP contribution in [0.2, 0.25) is 0 Å². The van der Waals surface area contributed by atoms with Crippen molar-refractivity contribution in [2.45, 2.75) is 25.3 Å². The Morgan fingerprint density at radius 2 is 1.90 bits per heavy atom. The predicted octanol–water partition coefficient (Wildman–Crippen LogP) is 2.22. The lowest BCUT2D eigenvalue weighted by molar-refractivity contribution is 0.588. The van der Waals surface area contributed by atoms with Gasteiger partial charge >= 0.3 is 0 Å². The SMILES string of the molecule is CNS(=O)(=O)c1ccc(NCc2ccc(C)cc2C)nc1. The van der Waals surface area contributed by atoms with Gasteiger partial charge in [-0.2, -0.15) is 0 Å². The molecule has 2 N–H and O–H groups in total. The average Bonchev–Trinajstić information content (AvgIpc) is 2.47. The molecule has 0 unspecified atom stereocenters. The Bertz CT molecular complexity index is 725. The maximum Gasteiger partial charge on any atom is 0.241 e. The van der Waals surface area contributed by atoms with Crippen LogP contribution in [0.1, 0.15) is 16.7 Å². The number of aromatic nitrogens is 1. The lowest BCUT2D eigenvalue weighted by atomic mass is 10.1. The van der Waals surface area contributed by atoms with Gasteiger partial charge in [-0.3, -0.25) is 0 Å². The zero-order chi connectivity index (χ0) is 15.5. The van der Waals surface area contributed by atoms with Crippen molar-refractivity contribution in [3.63, 3.8) is 0 Å². The molecule has 0 amide bonds. The molecule has 112 valence electrons. The van der Waals surface area contributed by atoms with Gasteiger partial charge in [-0.05, 0) is 44.2 Å². The number of sulfonamides is 1. The Morgan fingerprint density at radius 3 is 2.48 bits per heavy atom. The van der Waals surface area contributed by atoms with E-state index in [4.69, 9.17) is 0 Å². The van der Waals surface area contributed by atoms with Crippen LogP contribution in [-0.4, -0.2) is 20.4 Å². The lowest BCUT2D eigenvalue weighted by Gasteiger charge is -2.09. The van der Waals surface area contributed by atoms with Crippen LogP contribution in [0.4, 0.5) is 5.82 Å². The summed E-state index contributed by atoms with van der Waals surface area (Å²) in [7, 11) is -2.06. The fraction of sp³-hybridized carbons (Fsp3) is 0.267. The van der Waals surface area contributed by atoms with Crippen LogP contribution in [0, 0.1) is 13.8 Å². The number of aryl methyl sites for hydroxylation is 2. The third-order valence-electron chi connectivity index (χ3n) is 3.27. The molecule has 1 heterocycles. The molecule has 0 aliphatic heterocycles. The van der Waals surface area contributed by atoms with E-state index in [0.717, 1.165) is 0 Å². The van der Waals surface area contributed by atoms with Gasteiger partial charge in [0, 0.05) is 12.7 Å². The first-order valence-corrected chi connectivity index (χ1v) is 8.10. The van der Waals surface area contributed by atoms with E-state index in [0.29, 0.717) is 12.4 Å². The monoisotopic (exact) mass is 305 g/mol. The number of nitrogens with one attached hydrogen (secondary N) is 2. The molecule has 0 aliphatic rings. The molecule has 6 heteroatoms. The normalized spacial score (nSPS) is 11.4. The first-order valence-electron chi connectivity index (χ1n) is 6.62. The number of nitrogens with zero attached hydrogens (tertiary/aromatic N) is 1. The van der Waals surface area contributed by atoms with Gasteiger partial charge in [-0.15, -0.1) is 0 Å². The summed E-state index contributed by atoms with van der Waals surface area (Å²) in [6, 6.07) is 9.47. The van der Waals surface area contributed by atoms with Crippen molar-refractivity contribution in [1.82, 2.24) is 9.71 Å². The Kier molecular flexibility index (Phi) is 4.59. The molecule has 0 fully saturated rings. The molecule has 1 aromatic carbocycles. The van der Waals surface area contributed by atoms with Gasteiger partial charge < -0.3 is 5.32 Å². The molecule has 0 saturated carbocycles. The van der Waals surface area contributed by atoms with Crippen molar-refractivity contribution in [1.29, 1.82) is 0 Å². The van der Waals surface area contributed by atoms with Gasteiger partial charge in [0.1, 0.15) is 10.7 Å². The van der Waals surface area contributed by atoms with Crippen molar-refractivity contribution in [2.24, 2.45) is 0 Å². The van der Waals surface area contributed by atoms with E-state index in [2.05, 4.69) is 47.1 Å². The highest BCUT2D eigenvalue weighted by Gasteiger charge is 2.11. The fourth-order valence-electron chi connectivity index (χ4n) is 1.99. The largest absolute Gasteiger partial charge is 0.366 e. The number of anilines is 1. The highest BCUT2D eigenvalue weighted by atomic mass is 32.2. The van der Waals surface area contributed by atoms with E-state index in [1.165, 1.54) is 36.0 Å². The highest BCUT2D eigenvalue weighted by molar-refractivity contribution is 7.89. The van der Waals surface area contributed by atoms with Crippen LogP contribution in [-0.2, 0) is 16.6 Å². The number of pyridine rings is 1. The lowest BCUT2D eigenvalue weighted by Crippen LogP contribution is -2.18. The van der Waals surface area contributed by atoms with Crippen molar-refractivity contribution in [2.75, 3.05) is 12.4 Å². The summed E-state index contributed by atoms with van der Waals surface area (Å²) in [6.45, 7) is 4.78. The van der Waals surface area contributed by atoms with E-state index >= 15 is 0 Å². The molecule has 21 heavy (non-hydrogen) atoms. The molecule has 5 nitrogen and oxygen atoms in total. The minimum Gasteiger partial charge on any atom is -0.366 e. The minimum atomic E-state index is -3.43. The van der Waals surface area contributed by atoms with Gasteiger partial charge in [0.2, 0.25) is 10.0 Å². The van der Waals surface area contributed by atoms with Crippen molar-refractivity contribution in [3.8, 4) is 0 Å². The maximum absolute atomic E-state index is 11.6. The van der Waals surface area contributed by atoms with E-state index in [9.17, 15) is 8.42 Å². The predicted molar refractivity (Wildman–Crippen MR) is 83.7 cm³/mol. The number of hydrogen-bond acceptors (Lipinski definition) is 4. The number of benzene rings is 1. The molecule has 0 spiro atoms. The van der Waals surface area contributed by atoms with Crippen molar-refractivity contribution < 1.29 is 8.42 Å². The fourth-order valence-corrected chi connectivity index (χ4v) is 2.67. The summed E-state index contributed by atoms with van der Waals surface area (Å²) in [6.07, 6.45) is 1.34. The molecule has 0 bridgehead atoms. The molecule has 2 aromatic rings. The molecule has 0 atom stereocenters. The number of rotatable bonds is 5. The van der Waals surface area contributed by atoms with E-state index in [1.54, 1.807) is 6.07 Å². The highest BCUT2D eigenvalue weighted by Crippen LogP contribution is 2.14. The summed E-state index contributed by atoms with van der Waals surface area (Å²) in [5, 5.41) is 3.19. The first kappa shape index (κ1) is 15.5. The smallest absolute Gasteiger partial charge is 0.241 e. The van der Waals surface area contributed by atoms with Crippen molar-refractivity contribution in [3.05, 3.63) is 53.2 Å². The van der Waals surface area contributed by atoms with Gasteiger partial charge in [-0.25, -0.2) is 18.1 Å². The molecule has 1 aromatic heterocycles. The van der Waals surface area contributed by atoms with Crippen LogP contribution in [0.15, 0.2) is 41.4 Å². The van der Waals surface area contributed by atoms with Crippen LogP contribution in [0.25, 0.3) is 0 Å². The van der Waals surface area contributed by atoms with Gasteiger partial charge in [0.05, 0.1) is 0 Å². The Hall–Kier alpha value is -1.92. The molecule has 0 radical (unpaired) electrons. The summed E-state index contributed by atoms with van der Waals surface area (Å²) in [5.41, 5.74) is 3.64. The van der Waals surface area contributed by atoms with Crippen LogP contribution in [0.3, 0.4) is 0 Å². The quantitative estimate of drug-likeness (QED) is 0.888. The van der Waals surface area contributed by atoms with Gasteiger partial charge in [0.25, 0.3) is 0 Å². The Balaban J connectivity index is 2.07. The van der Waals surface area contributed by atoms with Crippen LogP contribution in [0.5, 0.6) is 0 Å². The Morgan fingerprint density at radius 1 is 1.14 bits per heavy atom. The second-order valence-electron chi connectivity index (χ2n) is 4.87. The third-order valence-corrected chi connectivity index (χ3v) is 4.67. The third kappa shape index (κ3) is 3.80. The summed E-state index contributed by atoms with van der Waals surface area (Å²) in [5.74, 6) is 0.644. The number of hydrogen-bond donors (Lipinski definition) is 2. The van der Waals surface area contributed by atoms with Crippen molar-refractivity contribution >= 4 is 15.8 Å². The Labute approximate surface area is 125 Å². The molecular formula is C15H19N3O2S. The molecule has 0 aliphatic carbocycles.